The molecule has 9 nitrogen and oxygen atoms in total. The van der Waals surface area contributed by atoms with Crippen molar-refractivity contribution in [2.24, 2.45) is 0 Å². The molecule has 0 aliphatic carbocycles. The van der Waals surface area contributed by atoms with E-state index in [0.717, 1.165) is 81.0 Å². The van der Waals surface area contributed by atoms with Gasteiger partial charge in [0.15, 0.2) is 0 Å². The summed E-state index contributed by atoms with van der Waals surface area (Å²) >= 11 is 1.58. The molecule has 6 heterocycles. The van der Waals surface area contributed by atoms with E-state index in [1.807, 2.05) is 30.6 Å². The number of nitrogens with zero attached hydrogens (tertiary/aromatic N) is 5. The average molecular weight is 552 g/mol. The monoisotopic (exact) mass is 551 g/mol. The van der Waals surface area contributed by atoms with E-state index >= 15 is 0 Å². The summed E-state index contributed by atoms with van der Waals surface area (Å²) in [4.78, 5) is 37.7. The number of aromatic nitrogens is 5. The van der Waals surface area contributed by atoms with E-state index in [4.69, 9.17) is 4.74 Å². The number of hydrogen-bond acceptors (Lipinski definition) is 9. The van der Waals surface area contributed by atoms with E-state index in [9.17, 15) is 4.79 Å². The number of ether oxygens (including phenoxy) is 1. The van der Waals surface area contributed by atoms with Crippen LogP contribution in [0.15, 0.2) is 61.2 Å². The Morgan fingerprint density at radius 1 is 0.975 bits per heavy atom. The lowest BCUT2D eigenvalue weighted by Crippen LogP contribution is -2.40. The van der Waals surface area contributed by atoms with Gasteiger partial charge in [0.05, 0.1) is 29.9 Å². The Morgan fingerprint density at radius 2 is 1.82 bits per heavy atom. The fourth-order valence-electron chi connectivity index (χ4n) is 5.22. The molecule has 5 aromatic rings. The molecule has 40 heavy (non-hydrogen) atoms. The van der Waals surface area contributed by atoms with Gasteiger partial charge in [-0.25, -0.2) is 15.0 Å². The van der Waals surface area contributed by atoms with Crippen molar-refractivity contribution >= 4 is 34.0 Å². The number of thiazole rings is 1. The molecular formula is C30H29N7O2S. The molecule has 0 unspecified atom stereocenters. The molecule has 0 radical (unpaired) electrons. The summed E-state index contributed by atoms with van der Waals surface area (Å²) in [5.74, 6) is 1.57. The smallest absolute Gasteiger partial charge is 0.144 e. The van der Waals surface area contributed by atoms with Crippen molar-refractivity contribution in [3.63, 3.8) is 0 Å². The van der Waals surface area contributed by atoms with Gasteiger partial charge in [-0.1, -0.05) is 24.3 Å². The molecule has 0 amide bonds. The molecule has 7 rings (SSSR count). The van der Waals surface area contributed by atoms with Crippen molar-refractivity contribution in [1.29, 1.82) is 0 Å². The predicted octanol–water partition coefficient (Wildman–Crippen LogP) is 4.02. The number of hydrogen-bond donors (Lipinski definition) is 2. The van der Waals surface area contributed by atoms with Gasteiger partial charge in [0.1, 0.15) is 28.6 Å². The first-order chi connectivity index (χ1) is 19.7. The first-order valence-electron chi connectivity index (χ1n) is 13.6. The second-order valence-electron chi connectivity index (χ2n) is 10.3. The Kier molecular flexibility index (Phi) is 6.80. The van der Waals surface area contributed by atoms with Crippen LogP contribution in [0, 0.1) is 0 Å². The van der Waals surface area contributed by atoms with E-state index in [0.29, 0.717) is 32.0 Å². The van der Waals surface area contributed by atoms with Gasteiger partial charge in [-0.05, 0) is 34.9 Å². The molecule has 0 saturated carbocycles. The van der Waals surface area contributed by atoms with Crippen LogP contribution in [0.2, 0.25) is 0 Å². The normalized spacial score (nSPS) is 15.8. The number of carbonyl (C=O) groups is 1. The molecule has 1 aromatic carbocycles. The Hall–Kier alpha value is -3.99. The minimum atomic E-state index is 0.153. The van der Waals surface area contributed by atoms with E-state index in [1.54, 1.807) is 17.7 Å². The molecule has 2 fully saturated rings. The highest BCUT2D eigenvalue weighted by Crippen LogP contribution is 2.31. The van der Waals surface area contributed by atoms with Gasteiger partial charge in [0, 0.05) is 62.3 Å². The fraction of sp³-hybridized carbons (Fsp3) is 0.300. The number of morpholine rings is 1. The maximum absolute atomic E-state index is 12.9. The number of anilines is 1. The standard InChI is InChI=1S/C30H29N7O2S/c38-23(13-28-33-17-27(40-28)21-5-6-32-25(12-21)22-15-31-16-22)11-19-1-3-20(4-2-19)26-14-24-29(36-26)34-18-35-30(24)37-7-9-39-10-8-37/h1-6,12,14,17-18,22,31H,7-11,13,15-16H2,(H,34,35,36). The lowest BCUT2D eigenvalue weighted by Gasteiger charge is -2.27. The maximum Gasteiger partial charge on any atom is 0.144 e. The van der Waals surface area contributed by atoms with Gasteiger partial charge in [-0.2, -0.15) is 0 Å². The zero-order valence-corrected chi connectivity index (χ0v) is 22.8. The predicted molar refractivity (Wildman–Crippen MR) is 156 cm³/mol. The molecule has 202 valence electrons. The quantitative estimate of drug-likeness (QED) is 0.298. The third-order valence-electron chi connectivity index (χ3n) is 7.55. The molecular weight excluding hydrogens is 522 g/mol. The van der Waals surface area contributed by atoms with Crippen molar-refractivity contribution in [2.75, 3.05) is 44.3 Å². The Morgan fingerprint density at radius 3 is 2.62 bits per heavy atom. The highest BCUT2D eigenvalue weighted by Gasteiger charge is 2.21. The van der Waals surface area contributed by atoms with E-state index in [-0.39, 0.29) is 5.78 Å². The number of ketones is 1. The molecule has 4 aromatic heterocycles. The van der Waals surface area contributed by atoms with Gasteiger partial charge >= 0.3 is 0 Å². The summed E-state index contributed by atoms with van der Waals surface area (Å²) in [5, 5.41) is 5.14. The number of carbonyl (C=O) groups excluding carboxylic acids is 1. The molecule has 0 atom stereocenters. The third-order valence-corrected chi connectivity index (χ3v) is 8.60. The third kappa shape index (κ3) is 5.13. The fourth-order valence-corrected chi connectivity index (χ4v) is 6.16. The number of nitrogens with one attached hydrogen (secondary N) is 2. The molecule has 2 N–H and O–H groups in total. The summed E-state index contributed by atoms with van der Waals surface area (Å²) in [6.45, 7) is 5.01. The molecule has 2 aliphatic rings. The van der Waals surface area contributed by atoms with E-state index < -0.39 is 0 Å². The number of aromatic amines is 1. The second kappa shape index (κ2) is 10.9. The molecule has 10 heteroatoms. The van der Waals surface area contributed by atoms with Crippen molar-refractivity contribution in [2.45, 2.75) is 18.8 Å². The minimum absolute atomic E-state index is 0.153. The number of H-pyrrole nitrogens is 1. The van der Waals surface area contributed by atoms with Crippen molar-refractivity contribution < 1.29 is 9.53 Å². The van der Waals surface area contributed by atoms with Crippen molar-refractivity contribution in [1.82, 2.24) is 30.2 Å². The maximum atomic E-state index is 12.9. The number of Topliss-reactive ketones (excluding diaryl/α,β-unsaturated/α-hetero) is 1. The molecule has 0 spiro atoms. The Balaban J connectivity index is 1.01. The van der Waals surface area contributed by atoms with Gasteiger partial charge in [0.2, 0.25) is 0 Å². The topological polar surface area (TPSA) is 109 Å². The molecule has 2 aliphatic heterocycles. The lowest BCUT2D eigenvalue weighted by molar-refractivity contribution is -0.117. The van der Waals surface area contributed by atoms with E-state index in [2.05, 4.69) is 59.4 Å². The number of fused-ring (bicyclic) bond motifs is 1. The van der Waals surface area contributed by atoms with Crippen LogP contribution >= 0.6 is 11.3 Å². The summed E-state index contributed by atoms with van der Waals surface area (Å²) < 4.78 is 5.49. The van der Waals surface area contributed by atoms with Gasteiger partial charge in [-0.3, -0.25) is 9.78 Å². The highest BCUT2D eigenvalue weighted by atomic mass is 32.1. The van der Waals surface area contributed by atoms with Crippen LogP contribution in [0.3, 0.4) is 0 Å². The Bertz CT molecular complexity index is 1650. The zero-order valence-electron chi connectivity index (χ0n) is 22.0. The average Bonchev–Trinajstić information content (AvgIpc) is 3.60. The van der Waals surface area contributed by atoms with Crippen LogP contribution in [0.1, 0.15) is 22.2 Å². The first kappa shape index (κ1) is 25.0. The molecule has 0 bridgehead atoms. The van der Waals surface area contributed by atoms with Crippen LogP contribution in [-0.4, -0.2) is 70.1 Å². The van der Waals surface area contributed by atoms with Crippen LogP contribution in [0.4, 0.5) is 5.82 Å². The summed E-state index contributed by atoms with van der Waals surface area (Å²) in [6.07, 6.45) is 6.05. The first-order valence-corrected chi connectivity index (χ1v) is 14.4. The zero-order chi connectivity index (χ0) is 26.9. The SMILES string of the molecule is O=C(Cc1ccc(-c2cc3c(N4CCOCC4)ncnc3[nH]2)cc1)Cc1ncc(-c2ccnc(C3CNC3)c2)s1. The van der Waals surface area contributed by atoms with Crippen LogP contribution in [0.25, 0.3) is 32.7 Å². The summed E-state index contributed by atoms with van der Waals surface area (Å²) in [5.41, 5.74) is 6.06. The van der Waals surface area contributed by atoms with Crippen molar-refractivity contribution in [3.8, 4) is 21.7 Å². The minimum Gasteiger partial charge on any atom is -0.378 e. The van der Waals surface area contributed by atoms with Crippen molar-refractivity contribution in [3.05, 3.63) is 77.5 Å². The number of pyridine rings is 1. The van der Waals surface area contributed by atoms with Crippen LogP contribution in [0.5, 0.6) is 0 Å². The van der Waals surface area contributed by atoms with E-state index in [1.165, 1.54) is 0 Å². The summed E-state index contributed by atoms with van der Waals surface area (Å²) in [6, 6.07) is 14.4. The highest BCUT2D eigenvalue weighted by molar-refractivity contribution is 7.15. The lowest BCUT2D eigenvalue weighted by atomic mass is 9.97. The largest absolute Gasteiger partial charge is 0.378 e. The van der Waals surface area contributed by atoms with Crippen LogP contribution < -0.4 is 10.2 Å². The van der Waals surface area contributed by atoms with Gasteiger partial charge < -0.3 is 19.9 Å². The second-order valence-corrected chi connectivity index (χ2v) is 11.4. The Labute approximate surface area is 235 Å². The number of rotatable bonds is 8. The van der Waals surface area contributed by atoms with Crippen LogP contribution in [-0.2, 0) is 22.4 Å². The van der Waals surface area contributed by atoms with Gasteiger partial charge in [-0.15, -0.1) is 11.3 Å². The van der Waals surface area contributed by atoms with Gasteiger partial charge in [0.25, 0.3) is 0 Å². The molecule has 2 saturated heterocycles. The number of benzene rings is 1. The summed E-state index contributed by atoms with van der Waals surface area (Å²) in [7, 11) is 0.